The van der Waals surface area contributed by atoms with Gasteiger partial charge in [-0.15, -0.1) is 0 Å². The fraction of sp³-hybridized carbons (Fsp3) is 0.125. The number of nitrogens with zero attached hydrogens (tertiary/aromatic N) is 3. The molecule has 0 bridgehead atoms. The Morgan fingerprint density at radius 3 is 3.00 bits per heavy atom. The first-order chi connectivity index (χ1) is 6.33. The average Bonchev–Trinajstić information content (AvgIpc) is 2.18. The molecule has 5 heteroatoms. The standard InChI is InChI=1S/C8H7N3O2/c1-13-8-7-9-3-2-6(12)11(7)5-4-10-8/h2-5H,1H3. The number of hydrogen-bond donors (Lipinski definition) is 0. The van der Waals surface area contributed by atoms with Crippen molar-refractivity contribution in [2.45, 2.75) is 0 Å². The molecular formula is C8H7N3O2. The second kappa shape index (κ2) is 2.85. The van der Waals surface area contributed by atoms with Gasteiger partial charge >= 0.3 is 0 Å². The summed E-state index contributed by atoms with van der Waals surface area (Å²) in [6.07, 6.45) is 4.48. The SMILES string of the molecule is COc1nccn2c(=O)ccnc12. The number of aromatic nitrogens is 3. The zero-order valence-electron chi connectivity index (χ0n) is 6.97. The number of rotatable bonds is 1. The molecule has 0 aromatic carbocycles. The van der Waals surface area contributed by atoms with Gasteiger partial charge in [-0.2, -0.15) is 0 Å². The minimum absolute atomic E-state index is 0.147. The minimum Gasteiger partial charge on any atom is -0.478 e. The summed E-state index contributed by atoms with van der Waals surface area (Å²) in [4.78, 5) is 19.2. The summed E-state index contributed by atoms with van der Waals surface area (Å²) in [5.74, 6) is 0.347. The molecule has 0 atom stereocenters. The normalized spacial score (nSPS) is 10.2. The molecule has 0 amide bonds. The fourth-order valence-corrected chi connectivity index (χ4v) is 1.09. The molecule has 0 fully saturated rings. The van der Waals surface area contributed by atoms with Crippen molar-refractivity contribution in [3.8, 4) is 5.88 Å². The van der Waals surface area contributed by atoms with E-state index in [1.54, 1.807) is 6.20 Å². The zero-order valence-corrected chi connectivity index (χ0v) is 6.97. The Labute approximate surface area is 73.6 Å². The van der Waals surface area contributed by atoms with Crippen molar-refractivity contribution >= 4 is 5.65 Å². The van der Waals surface area contributed by atoms with E-state index in [9.17, 15) is 4.79 Å². The molecular weight excluding hydrogens is 170 g/mol. The second-order valence-electron chi connectivity index (χ2n) is 2.41. The molecule has 13 heavy (non-hydrogen) atoms. The first-order valence-corrected chi connectivity index (χ1v) is 3.69. The van der Waals surface area contributed by atoms with E-state index in [2.05, 4.69) is 9.97 Å². The highest BCUT2D eigenvalue weighted by molar-refractivity contribution is 5.47. The van der Waals surface area contributed by atoms with E-state index < -0.39 is 0 Å². The maximum atomic E-state index is 11.3. The third-order valence-corrected chi connectivity index (χ3v) is 1.67. The van der Waals surface area contributed by atoms with Gasteiger partial charge in [0.2, 0.25) is 5.65 Å². The van der Waals surface area contributed by atoms with Gasteiger partial charge < -0.3 is 4.74 Å². The highest BCUT2D eigenvalue weighted by Gasteiger charge is 2.02. The maximum absolute atomic E-state index is 11.3. The molecule has 0 aliphatic heterocycles. The molecule has 0 N–H and O–H groups in total. The van der Waals surface area contributed by atoms with Crippen molar-refractivity contribution in [1.82, 2.24) is 14.4 Å². The summed E-state index contributed by atoms with van der Waals surface area (Å²) in [6, 6.07) is 1.38. The van der Waals surface area contributed by atoms with Gasteiger partial charge in [0, 0.05) is 24.7 Å². The third-order valence-electron chi connectivity index (χ3n) is 1.67. The van der Waals surface area contributed by atoms with Crippen molar-refractivity contribution in [2.75, 3.05) is 7.11 Å². The molecule has 0 spiro atoms. The van der Waals surface area contributed by atoms with Crippen LogP contribution in [0.3, 0.4) is 0 Å². The summed E-state index contributed by atoms with van der Waals surface area (Å²) in [5, 5.41) is 0. The van der Waals surface area contributed by atoms with Crippen LogP contribution in [0.2, 0.25) is 0 Å². The number of ether oxygens (including phenoxy) is 1. The van der Waals surface area contributed by atoms with Gasteiger partial charge in [-0.3, -0.25) is 9.20 Å². The van der Waals surface area contributed by atoms with Crippen molar-refractivity contribution in [3.05, 3.63) is 35.0 Å². The largest absolute Gasteiger partial charge is 0.478 e. The Balaban J connectivity index is 2.92. The lowest BCUT2D eigenvalue weighted by molar-refractivity contribution is 0.399. The molecule has 0 radical (unpaired) electrons. The van der Waals surface area contributed by atoms with Crippen LogP contribution in [-0.4, -0.2) is 21.5 Å². The highest BCUT2D eigenvalue weighted by Crippen LogP contribution is 2.09. The average molecular weight is 177 g/mol. The molecule has 0 aliphatic rings. The van der Waals surface area contributed by atoms with Crippen LogP contribution in [0.25, 0.3) is 5.65 Å². The van der Waals surface area contributed by atoms with E-state index in [0.29, 0.717) is 11.5 Å². The van der Waals surface area contributed by atoms with Crippen LogP contribution in [0.1, 0.15) is 0 Å². The third kappa shape index (κ3) is 1.14. The van der Waals surface area contributed by atoms with Crippen LogP contribution in [0.15, 0.2) is 29.5 Å². The molecule has 0 saturated carbocycles. The second-order valence-corrected chi connectivity index (χ2v) is 2.41. The summed E-state index contributed by atoms with van der Waals surface area (Å²) >= 11 is 0. The lowest BCUT2D eigenvalue weighted by Crippen LogP contribution is -2.13. The quantitative estimate of drug-likeness (QED) is 0.619. The van der Waals surface area contributed by atoms with Gasteiger partial charge in [0.15, 0.2) is 0 Å². The Kier molecular flexibility index (Phi) is 1.70. The zero-order chi connectivity index (χ0) is 9.26. The molecule has 2 heterocycles. The van der Waals surface area contributed by atoms with Crippen LogP contribution >= 0.6 is 0 Å². The Hall–Kier alpha value is -1.91. The van der Waals surface area contributed by atoms with Crippen LogP contribution in [0.5, 0.6) is 5.88 Å². The van der Waals surface area contributed by atoms with Crippen molar-refractivity contribution in [2.24, 2.45) is 0 Å². The highest BCUT2D eigenvalue weighted by atomic mass is 16.5. The van der Waals surface area contributed by atoms with E-state index in [1.165, 1.54) is 30.0 Å². The molecule has 0 aliphatic carbocycles. The van der Waals surface area contributed by atoms with Crippen LogP contribution in [0.4, 0.5) is 0 Å². The molecule has 2 rings (SSSR count). The Morgan fingerprint density at radius 1 is 1.38 bits per heavy atom. The van der Waals surface area contributed by atoms with Crippen LogP contribution < -0.4 is 10.3 Å². The lowest BCUT2D eigenvalue weighted by Gasteiger charge is -2.02. The summed E-state index contributed by atoms with van der Waals surface area (Å²) < 4.78 is 6.33. The molecule has 5 nitrogen and oxygen atoms in total. The van der Waals surface area contributed by atoms with E-state index in [0.717, 1.165) is 0 Å². The van der Waals surface area contributed by atoms with Crippen LogP contribution in [-0.2, 0) is 0 Å². The van der Waals surface area contributed by atoms with Crippen molar-refractivity contribution < 1.29 is 4.74 Å². The summed E-state index contributed by atoms with van der Waals surface area (Å²) in [5.41, 5.74) is 0.281. The molecule has 0 saturated heterocycles. The van der Waals surface area contributed by atoms with Gasteiger partial charge in [-0.05, 0) is 0 Å². The van der Waals surface area contributed by atoms with Gasteiger partial charge in [0.1, 0.15) is 0 Å². The minimum atomic E-state index is -0.147. The molecule has 2 aromatic heterocycles. The first-order valence-electron chi connectivity index (χ1n) is 3.69. The van der Waals surface area contributed by atoms with Gasteiger partial charge in [-0.25, -0.2) is 9.97 Å². The summed E-state index contributed by atoms with van der Waals surface area (Å²) in [6.45, 7) is 0. The molecule has 66 valence electrons. The summed E-state index contributed by atoms with van der Waals surface area (Å²) in [7, 11) is 1.49. The number of hydrogen-bond acceptors (Lipinski definition) is 4. The predicted molar refractivity (Wildman–Crippen MR) is 45.8 cm³/mol. The smallest absolute Gasteiger partial charge is 0.258 e. The van der Waals surface area contributed by atoms with E-state index >= 15 is 0 Å². The topological polar surface area (TPSA) is 56.5 Å². The van der Waals surface area contributed by atoms with E-state index in [1.807, 2.05) is 0 Å². The van der Waals surface area contributed by atoms with Gasteiger partial charge in [-0.1, -0.05) is 0 Å². The molecule has 2 aromatic rings. The van der Waals surface area contributed by atoms with Gasteiger partial charge in [0.25, 0.3) is 11.4 Å². The van der Waals surface area contributed by atoms with E-state index in [4.69, 9.17) is 4.74 Å². The van der Waals surface area contributed by atoms with Crippen molar-refractivity contribution in [1.29, 1.82) is 0 Å². The molecule has 0 unspecified atom stereocenters. The Bertz CT molecular complexity index is 492. The lowest BCUT2D eigenvalue weighted by atomic mass is 10.5. The number of methoxy groups -OCH3 is 1. The predicted octanol–water partition coefficient (Wildman–Crippen LogP) is 0.0981. The van der Waals surface area contributed by atoms with Crippen molar-refractivity contribution in [3.63, 3.8) is 0 Å². The van der Waals surface area contributed by atoms with E-state index in [-0.39, 0.29) is 5.56 Å². The Morgan fingerprint density at radius 2 is 2.23 bits per heavy atom. The van der Waals surface area contributed by atoms with Gasteiger partial charge in [0.05, 0.1) is 7.11 Å². The first kappa shape index (κ1) is 7.72. The maximum Gasteiger partial charge on any atom is 0.258 e. The number of fused-ring (bicyclic) bond motifs is 1. The van der Waals surface area contributed by atoms with Crippen LogP contribution in [0, 0.1) is 0 Å². The fourth-order valence-electron chi connectivity index (χ4n) is 1.09. The monoisotopic (exact) mass is 177 g/mol.